The van der Waals surface area contributed by atoms with Gasteiger partial charge in [-0.25, -0.2) is 4.39 Å². The highest BCUT2D eigenvalue weighted by molar-refractivity contribution is 5.83. The van der Waals surface area contributed by atoms with E-state index in [2.05, 4.69) is 30.9 Å². The third-order valence-corrected chi connectivity index (χ3v) is 7.03. The molecule has 1 amide bonds. The van der Waals surface area contributed by atoms with Gasteiger partial charge in [0.15, 0.2) is 0 Å². The summed E-state index contributed by atoms with van der Waals surface area (Å²) in [6.07, 6.45) is 3.40. The van der Waals surface area contributed by atoms with E-state index >= 15 is 0 Å². The molecular weight excluding hydrogens is 405 g/mol. The van der Waals surface area contributed by atoms with E-state index in [4.69, 9.17) is 9.47 Å². The lowest BCUT2D eigenvalue weighted by Crippen LogP contribution is -2.52. The Morgan fingerprint density at radius 1 is 1.09 bits per heavy atom. The predicted molar refractivity (Wildman–Crippen MR) is 124 cm³/mol. The minimum atomic E-state index is -0.410. The predicted octanol–water partition coefficient (Wildman–Crippen LogP) is 5.35. The Labute approximate surface area is 190 Å². The van der Waals surface area contributed by atoms with E-state index in [-0.39, 0.29) is 11.7 Å². The number of carbonyl (C=O) groups excluding carboxylic acids is 1. The van der Waals surface area contributed by atoms with Crippen LogP contribution in [0.15, 0.2) is 42.5 Å². The van der Waals surface area contributed by atoms with Crippen LogP contribution in [0.2, 0.25) is 0 Å². The molecule has 0 N–H and O–H groups in total. The number of nitrogens with zero attached hydrogens (tertiary/aromatic N) is 1. The Kier molecular flexibility index (Phi) is 6.85. The number of amides is 1. The Bertz CT molecular complexity index is 926. The molecule has 0 unspecified atom stereocenters. The van der Waals surface area contributed by atoms with Gasteiger partial charge in [-0.05, 0) is 66.8 Å². The molecule has 2 heterocycles. The summed E-state index contributed by atoms with van der Waals surface area (Å²) >= 11 is 0. The zero-order valence-electron chi connectivity index (χ0n) is 19.4. The van der Waals surface area contributed by atoms with Crippen LogP contribution in [-0.2, 0) is 16.0 Å². The van der Waals surface area contributed by atoms with Crippen LogP contribution in [0, 0.1) is 23.1 Å². The van der Waals surface area contributed by atoms with Crippen molar-refractivity contribution in [3.8, 4) is 16.9 Å². The fourth-order valence-electron chi connectivity index (χ4n) is 5.49. The molecule has 172 valence electrons. The number of hydrogen-bond donors (Lipinski definition) is 0. The molecule has 0 saturated carbocycles. The highest BCUT2D eigenvalue weighted by Gasteiger charge is 2.43. The first-order chi connectivity index (χ1) is 15.4. The van der Waals surface area contributed by atoms with E-state index < -0.39 is 5.41 Å². The molecule has 0 spiro atoms. The van der Waals surface area contributed by atoms with Gasteiger partial charge in [-0.15, -0.1) is 0 Å². The van der Waals surface area contributed by atoms with Crippen LogP contribution in [0.4, 0.5) is 4.39 Å². The zero-order valence-corrected chi connectivity index (χ0v) is 19.4. The standard InChI is InChI=1S/C27H34FNO3/c1-19-14-20(2)18-29(17-19)26(30)27(10-12-32-13-11-27)16-21-4-6-22(7-5-21)24-15-23(28)8-9-25(24)31-3/h4-9,15,19-20H,10-14,16-18H2,1-3H3/t19-,20-/m0/s1. The van der Waals surface area contributed by atoms with Gasteiger partial charge in [0, 0.05) is 31.9 Å². The SMILES string of the molecule is COc1ccc(F)cc1-c1ccc(CC2(C(=O)N3C[C@@H](C)C[C@H](C)C3)CCOCC2)cc1. The van der Waals surface area contributed by atoms with Crippen molar-refractivity contribution >= 4 is 5.91 Å². The topological polar surface area (TPSA) is 38.8 Å². The van der Waals surface area contributed by atoms with Crippen molar-refractivity contribution in [1.82, 2.24) is 4.90 Å². The number of carbonyl (C=O) groups is 1. The normalized spacial score (nSPS) is 23.1. The lowest BCUT2D eigenvalue weighted by Gasteiger charge is -2.43. The quantitative estimate of drug-likeness (QED) is 0.631. The number of methoxy groups -OCH3 is 1. The molecule has 5 heteroatoms. The van der Waals surface area contributed by atoms with Crippen molar-refractivity contribution in [1.29, 1.82) is 0 Å². The van der Waals surface area contributed by atoms with Gasteiger partial charge in [0.2, 0.25) is 5.91 Å². The third kappa shape index (κ3) is 4.83. The summed E-state index contributed by atoms with van der Waals surface area (Å²) in [5.74, 6) is 1.72. The van der Waals surface area contributed by atoms with Gasteiger partial charge in [0.05, 0.1) is 12.5 Å². The Balaban J connectivity index is 1.57. The lowest BCUT2D eigenvalue weighted by atomic mass is 9.73. The molecule has 0 aromatic heterocycles. The van der Waals surface area contributed by atoms with Crippen LogP contribution in [-0.4, -0.2) is 44.2 Å². The summed E-state index contributed by atoms with van der Waals surface area (Å²) in [7, 11) is 1.59. The molecule has 4 nitrogen and oxygen atoms in total. The summed E-state index contributed by atoms with van der Waals surface area (Å²) < 4.78 is 24.9. The van der Waals surface area contributed by atoms with Crippen molar-refractivity contribution < 1.29 is 18.7 Å². The average molecular weight is 440 g/mol. The van der Waals surface area contributed by atoms with Crippen LogP contribution in [0.3, 0.4) is 0 Å². The van der Waals surface area contributed by atoms with Crippen molar-refractivity contribution in [2.24, 2.45) is 17.3 Å². The number of piperidine rings is 1. The number of likely N-dealkylation sites (tertiary alicyclic amines) is 1. The number of ether oxygens (including phenoxy) is 2. The molecule has 0 aliphatic carbocycles. The summed E-state index contributed by atoms with van der Waals surface area (Å²) in [5, 5.41) is 0. The van der Waals surface area contributed by atoms with E-state index in [0.29, 0.717) is 37.2 Å². The van der Waals surface area contributed by atoms with Crippen LogP contribution in [0.1, 0.15) is 38.7 Å². The highest BCUT2D eigenvalue weighted by Crippen LogP contribution is 2.39. The van der Waals surface area contributed by atoms with Crippen LogP contribution < -0.4 is 4.74 Å². The van der Waals surface area contributed by atoms with Gasteiger partial charge in [-0.3, -0.25) is 4.79 Å². The number of rotatable bonds is 5. The van der Waals surface area contributed by atoms with Crippen molar-refractivity contribution in [3.05, 3.63) is 53.8 Å². The smallest absolute Gasteiger partial charge is 0.229 e. The van der Waals surface area contributed by atoms with E-state index in [9.17, 15) is 9.18 Å². The molecule has 2 aliphatic heterocycles. The fraction of sp³-hybridized carbons (Fsp3) is 0.519. The zero-order chi connectivity index (χ0) is 22.7. The van der Waals surface area contributed by atoms with Crippen molar-refractivity contribution in [2.45, 2.75) is 39.5 Å². The minimum Gasteiger partial charge on any atom is -0.496 e. The fourth-order valence-corrected chi connectivity index (χ4v) is 5.49. The number of hydrogen-bond acceptors (Lipinski definition) is 3. The summed E-state index contributed by atoms with van der Waals surface area (Å²) in [5.41, 5.74) is 2.34. The molecule has 2 saturated heterocycles. The second-order valence-electron chi connectivity index (χ2n) is 9.77. The molecule has 4 rings (SSSR count). The van der Waals surface area contributed by atoms with E-state index in [0.717, 1.165) is 42.6 Å². The van der Waals surface area contributed by atoms with E-state index in [1.807, 2.05) is 12.1 Å². The van der Waals surface area contributed by atoms with Crippen molar-refractivity contribution in [3.63, 3.8) is 0 Å². The third-order valence-electron chi connectivity index (χ3n) is 7.03. The molecule has 2 atom stereocenters. The molecule has 2 fully saturated rings. The summed E-state index contributed by atoms with van der Waals surface area (Å²) in [4.78, 5) is 15.9. The van der Waals surface area contributed by atoms with Gasteiger partial charge >= 0.3 is 0 Å². The van der Waals surface area contributed by atoms with Gasteiger partial charge in [-0.1, -0.05) is 38.1 Å². The molecular formula is C27H34FNO3. The first kappa shape index (κ1) is 22.8. The molecule has 2 aromatic carbocycles. The molecule has 2 aromatic rings. The number of halogens is 1. The van der Waals surface area contributed by atoms with Crippen molar-refractivity contribution in [2.75, 3.05) is 33.4 Å². The van der Waals surface area contributed by atoms with Gasteiger partial charge in [0.25, 0.3) is 0 Å². The van der Waals surface area contributed by atoms with Gasteiger partial charge < -0.3 is 14.4 Å². The Morgan fingerprint density at radius 2 is 1.75 bits per heavy atom. The summed E-state index contributed by atoms with van der Waals surface area (Å²) in [6.45, 7) is 7.44. The Hall–Kier alpha value is -2.40. The first-order valence-corrected chi connectivity index (χ1v) is 11.7. The van der Waals surface area contributed by atoms with E-state index in [1.165, 1.54) is 18.6 Å². The largest absolute Gasteiger partial charge is 0.496 e. The average Bonchev–Trinajstić information content (AvgIpc) is 2.79. The second kappa shape index (κ2) is 9.62. The monoisotopic (exact) mass is 439 g/mol. The number of benzene rings is 2. The molecule has 32 heavy (non-hydrogen) atoms. The first-order valence-electron chi connectivity index (χ1n) is 11.7. The van der Waals surface area contributed by atoms with Gasteiger partial charge in [-0.2, -0.15) is 0 Å². The molecule has 2 aliphatic rings. The minimum absolute atomic E-state index is 0.287. The van der Waals surface area contributed by atoms with Crippen LogP contribution >= 0.6 is 0 Å². The molecule has 0 bridgehead atoms. The van der Waals surface area contributed by atoms with Crippen LogP contribution in [0.5, 0.6) is 5.75 Å². The lowest BCUT2D eigenvalue weighted by molar-refractivity contribution is -0.150. The maximum Gasteiger partial charge on any atom is 0.229 e. The van der Waals surface area contributed by atoms with Crippen LogP contribution in [0.25, 0.3) is 11.1 Å². The maximum atomic E-state index is 13.8. The highest BCUT2D eigenvalue weighted by atomic mass is 19.1. The molecule has 0 radical (unpaired) electrons. The van der Waals surface area contributed by atoms with E-state index in [1.54, 1.807) is 13.2 Å². The summed E-state index contributed by atoms with van der Waals surface area (Å²) in [6, 6.07) is 12.7. The second-order valence-corrected chi connectivity index (χ2v) is 9.77. The Morgan fingerprint density at radius 3 is 2.38 bits per heavy atom. The van der Waals surface area contributed by atoms with Gasteiger partial charge in [0.1, 0.15) is 11.6 Å². The maximum absolute atomic E-state index is 13.8.